The summed E-state index contributed by atoms with van der Waals surface area (Å²) in [4.78, 5) is 25.6. The number of Topliss-reactive ketones (excluding diaryl/α,β-unsaturated/α-hetero) is 1. The zero-order chi connectivity index (χ0) is 15.6. The lowest BCUT2D eigenvalue weighted by Gasteiger charge is -2.18. The Morgan fingerprint density at radius 3 is 2.48 bits per heavy atom. The zero-order valence-electron chi connectivity index (χ0n) is 12.9. The van der Waals surface area contributed by atoms with Crippen molar-refractivity contribution in [1.29, 1.82) is 0 Å². The van der Waals surface area contributed by atoms with E-state index in [0.29, 0.717) is 17.8 Å². The molecule has 0 bridgehead atoms. The number of rotatable bonds is 4. The summed E-state index contributed by atoms with van der Waals surface area (Å²) in [5.74, 6) is -0.126. The highest BCUT2D eigenvalue weighted by atomic mass is 16.2. The van der Waals surface area contributed by atoms with E-state index in [2.05, 4.69) is 0 Å². The molecule has 0 aliphatic heterocycles. The summed E-state index contributed by atoms with van der Waals surface area (Å²) in [6.07, 6.45) is 1.69. The van der Waals surface area contributed by atoms with E-state index in [9.17, 15) is 9.59 Å². The van der Waals surface area contributed by atoms with Crippen LogP contribution in [0, 0.1) is 6.92 Å². The van der Waals surface area contributed by atoms with Gasteiger partial charge in [-0.25, -0.2) is 0 Å². The van der Waals surface area contributed by atoms with E-state index in [-0.39, 0.29) is 11.7 Å². The molecule has 21 heavy (non-hydrogen) atoms. The van der Waals surface area contributed by atoms with Crippen LogP contribution in [-0.4, -0.2) is 28.2 Å². The third-order valence-electron chi connectivity index (χ3n) is 3.65. The van der Waals surface area contributed by atoms with Crippen LogP contribution in [0.3, 0.4) is 0 Å². The molecule has 0 saturated carbocycles. The van der Waals surface area contributed by atoms with Gasteiger partial charge in [0.1, 0.15) is 5.69 Å². The van der Waals surface area contributed by atoms with Crippen molar-refractivity contribution in [2.45, 2.75) is 20.4 Å². The lowest BCUT2D eigenvalue weighted by molar-refractivity contribution is 0.0775. The lowest BCUT2D eigenvalue weighted by atomic mass is 10.1. The fourth-order valence-corrected chi connectivity index (χ4v) is 2.28. The number of nitrogens with zero attached hydrogens (tertiary/aromatic N) is 2. The van der Waals surface area contributed by atoms with Crippen LogP contribution in [0.15, 0.2) is 36.5 Å². The maximum atomic E-state index is 12.5. The first-order valence-electron chi connectivity index (χ1n) is 6.87. The predicted molar refractivity (Wildman–Crippen MR) is 82.4 cm³/mol. The Morgan fingerprint density at radius 1 is 1.24 bits per heavy atom. The molecule has 110 valence electrons. The van der Waals surface area contributed by atoms with E-state index in [0.717, 1.165) is 11.1 Å². The van der Waals surface area contributed by atoms with Gasteiger partial charge in [0.25, 0.3) is 5.91 Å². The minimum Gasteiger partial charge on any atom is -0.346 e. The summed E-state index contributed by atoms with van der Waals surface area (Å²) in [5, 5.41) is 0. The largest absolute Gasteiger partial charge is 0.346 e. The average molecular weight is 284 g/mol. The van der Waals surface area contributed by atoms with E-state index >= 15 is 0 Å². The van der Waals surface area contributed by atoms with Crippen LogP contribution < -0.4 is 0 Å². The zero-order valence-corrected chi connectivity index (χ0v) is 12.9. The molecule has 4 nitrogen and oxygen atoms in total. The number of ketones is 1. The Kier molecular flexibility index (Phi) is 4.26. The van der Waals surface area contributed by atoms with E-state index in [1.165, 1.54) is 6.92 Å². The molecule has 0 aliphatic rings. The molecule has 0 radical (unpaired) electrons. The van der Waals surface area contributed by atoms with Gasteiger partial charge in [-0.3, -0.25) is 9.59 Å². The Hall–Kier alpha value is -2.36. The third kappa shape index (κ3) is 3.21. The van der Waals surface area contributed by atoms with Crippen molar-refractivity contribution < 1.29 is 9.59 Å². The van der Waals surface area contributed by atoms with Gasteiger partial charge < -0.3 is 9.47 Å². The lowest BCUT2D eigenvalue weighted by Crippen LogP contribution is -2.28. The first-order valence-corrected chi connectivity index (χ1v) is 6.87. The number of carbonyl (C=O) groups is 2. The monoisotopic (exact) mass is 284 g/mol. The number of aromatic nitrogens is 1. The minimum absolute atomic E-state index is 0.0359. The standard InChI is InChI=1S/C17H20N2O2/c1-12-7-5-6-8-14(12)10-19(4)17(21)16-9-15(13(2)20)11-18(16)3/h5-9,11H,10H2,1-4H3. The molecule has 0 fully saturated rings. The molecule has 1 aromatic heterocycles. The van der Waals surface area contributed by atoms with Crippen LogP contribution in [0.4, 0.5) is 0 Å². The number of amides is 1. The molecule has 2 aromatic rings. The summed E-state index contributed by atoms with van der Waals surface area (Å²) >= 11 is 0. The van der Waals surface area contributed by atoms with Gasteiger partial charge >= 0.3 is 0 Å². The van der Waals surface area contributed by atoms with Crippen molar-refractivity contribution in [3.05, 3.63) is 58.9 Å². The van der Waals surface area contributed by atoms with Gasteiger partial charge in [0.2, 0.25) is 0 Å². The highest BCUT2D eigenvalue weighted by Crippen LogP contribution is 2.14. The molecule has 0 atom stereocenters. The number of hydrogen-bond donors (Lipinski definition) is 0. The van der Waals surface area contributed by atoms with Gasteiger partial charge in [-0.15, -0.1) is 0 Å². The minimum atomic E-state index is -0.0896. The van der Waals surface area contributed by atoms with Crippen molar-refractivity contribution in [3.63, 3.8) is 0 Å². The van der Waals surface area contributed by atoms with E-state index < -0.39 is 0 Å². The van der Waals surface area contributed by atoms with Crippen LogP contribution in [0.2, 0.25) is 0 Å². The Labute approximate surface area is 125 Å². The molecular weight excluding hydrogens is 264 g/mol. The molecule has 2 rings (SSSR count). The number of aryl methyl sites for hydroxylation is 2. The van der Waals surface area contributed by atoms with Crippen LogP contribution >= 0.6 is 0 Å². The summed E-state index contributed by atoms with van der Waals surface area (Å²) < 4.78 is 1.70. The van der Waals surface area contributed by atoms with Crippen LogP contribution in [0.1, 0.15) is 38.9 Å². The van der Waals surface area contributed by atoms with Crippen molar-refractivity contribution in [3.8, 4) is 0 Å². The normalized spacial score (nSPS) is 10.5. The quantitative estimate of drug-likeness (QED) is 0.810. The molecule has 0 N–H and O–H groups in total. The fourth-order valence-electron chi connectivity index (χ4n) is 2.28. The SMILES string of the molecule is CC(=O)c1cc(C(=O)N(C)Cc2ccccc2C)n(C)c1. The maximum Gasteiger partial charge on any atom is 0.270 e. The maximum absolute atomic E-state index is 12.5. The molecule has 0 unspecified atom stereocenters. The van der Waals surface area contributed by atoms with Crippen molar-refractivity contribution in [1.82, 2.24) is 9.47 Å². The van der Waals surface area contributed by atoms with Gasteiger partial charge in [-0.2, -0.15) is 0 Å². The number of benzene rings is 1. The van der Waals surface area contributed by atoms with Gasteiger partial charge in [-0.05, 0) is 31.0 Å². The Balaban J connectivity index is 2.20. The van der Waals surface area contributed by atoms with E-state index in [1.54, 1.807) is 35.8 Å². The second-order valence-electron chi connectivity index (χ2n) is 5.37. The molecular formula is C17H20N2O2. The van der Waals surface area contributed by atoms with Crippen LogP contribution in [-0.2, 0) is 13.6 Å². The summed E-state index contributed by atoms with van der Waals surface area (Å²) in [6.45, 7) is 4.08. The second kappa shape index (κ2) is 5.95. The number of hydrogen-bond acceptors (Lipinski definition) is 2. The van der Waals surface area contributed by atoms with Gasteiger partial charge in [0.15, 0.2) is 5.78 Å². The highest BCUT2D eigenvalue weighted by Gasteiger charge is 2.18. The molecule has 1 amide bonds. The van der Waals surface area contributed by atoms with E-state index in [4.69, 9.17) is 0 Å². The topological polar surface area (TPSA) is 42.3 Å². The first kappa shape index (κ1) is 15.0. The summed E-state index contributed by atoms with van der Waals surface area (Å²) in [5.41, 5.74) is 3.37. The summed E-state index contributed by atoms with van der Waals surface area (Å²) in [6, 6.07) is 9.65. The molecule has 1 aromatic carbocycles. The van der Waals surface area contributed by atoms with Crippen LogP contribution in [0.5, 0.6) is 0 Å². The van der Waals surface area contributed by atoms with Gasteiger partial charge in [0, 0.05) is 32.4 Å². The molecule has 0 aliphatic carbocycles. The highest BCUT2D eigenvalue weighted by molar-refractivity contribution is 5.99. The molecule has 4 heteroatoms. The Bertz CT molecular complexity index is 686. The van der Waals surface area contributed by atoms with Crippen molar-refractivity contribution >= 4 is 11.7 Å². The van der Waals surface area contributed by atoms with Crippen LogP contribution in [0.25, 0.3) is 0 Å². The van der Waals surface area contributed by atoms with Crippen molar-refractivity contribution in [2.24, 2.45) is 7.05 Å². The smallest absolute Gasteiger partial charge is 0.270 e. The Morgan fingerprint density at radius 2 is 1.90 bits per heavy atom. The molecule has 0 saturated heterocycles. The van der Waals surface area contributed by atoms with E-state index in [1.807, 2.05) is 31.2 Å². The first-order chi connectivity index (χ1) is 9.90. The third-order valence-corrected chi connectivity index (χ3v) is 3.65. The fraction of sp³-hybridized carbons (Fsp3) is 0.294. The number of carbonyl (C=O) groups excluding carboxylic acids is 2. The predicted octanol–water partition coefficient (Wildman–Crippen LogP) is 2.81. The molecule has 0 spiro atoms. The summed E-state index contributed by atoms with van der Waals surface area (Å²) in [7, 11) is 3.55. The second-order valence-corrected chi connectivity index (χ2v) is 5.37. The van der Waals surface area contributed by atoms with Crippen molar-refractivity contribution in [2.75, 3.05) is 7.05 Å². The van der Waals surface area contributed by atoms with Gasteiger partial charge in [0.05, 0.1) is 0 Å². The van der Waals surface area contributed by atoms with Gasteiger partial charge in [-0.1, -0.05) is 24.3 Å². The molecule has 1 heterocycles. The average Bonchev–Trinajstić information content (AvgIpc) is 2.82.